The van der Waals surface area contributed by atoms with Crippen molar-refractivity contribution in [3.63, 3.8) is 0 Å². The second-order valence-corrected chi connectivity index (χ2v) is 5.45. The molecule has 1 heterocycles. The maximum absolute atomic E-state index is 5.98. The van der Waals surface area contributed by atoms with Gasteiger partial charge in [-0.05, 0) is 47.6 Å². The molecule has 0 radical (unpaired) electrons. The molecule has 78 valence electrons. The molecule has 0 aliphatic heterocycles. The maximum Gasteiger partial charge on any atom is 0.147 e. The molecule has 0 bridgehead atoms. The van der Waals surface area contributed by atoms with E-state index in [0.29, 0.717) is 5.92 Å². The lowest BCUT2D eigenvalue weighted by Crippen LogP contribution is -1.87. The van der Waals surface area contributed by atoms with E-state index < -0.39 is 0 Å². The summed E-state index contributed by atoms with van der Waals surface area (Å²) in [5, 5.41) is 1.25. The minimum atomic E-state index is 0.674. The summed E-state index contributed by atoms with van der Waals surface area (Å²) in [4.78, 5) is 0. The Kier molecular flexibility index (Phi) is 2.47. The van der Waals surface area contributed by atoms with Gasteiger partial charge in [0.2, 0.25) is 0 Å². The van der Waals surface area contributed by atoms with Crippen LogP contribution < -0.4 is 0 Å². The summed E-state index contributed by atoms with van der Waals surface area (Å²) in [5.74, 6) is 1.87. The van der Waals surface area contributed by atoms with Crippen LogP contribution in [-0.4, -0.2) is 0 Å². The number of furan rings is 1. The van der Waals surface area contributed by atoms with Gasteiger partial charge in [-0.15, -0.1) is 0 Å². The Hall–Kier alpha value is -0.510. The molecular formula is C13H13IO. The Morgan fingerprint density at radius 1 is 1.20 bits per heavy atom. The Bertz CT molecular complexity index is 480. The van der Waals surface area contributed by atoms with E-state index in [1.165, 1.54) is 40.4 Å². The highest BCUT2D eigenvalue weighted by Gasteiger charge is 2.20. The van der Waals surface area contributed by atoms with Crippen molar-refractivity contribution in [3.8, 4) is 0 Å². The molecule has 0 unspecified atom stereocenters. The number of benzene rings is 1. The van der Waals surface area contributed by atoms with E-state index in [1.807, 2.05) is 0 Å². The van der Waals surface area contributed by atoms with Crippen LogP contribution in [0.4, 0.5) is 0 Å². The van der Waals surface area contributed by atoms with E-state index in [0.717, 1.165) is 5.58 Å². The maximum atomic E-state index is 5.98. The van der Waals surface area contributed by atoms with Gasteiger partial charge >= 0.3 is 0 Å². The van der Waals surface area contributed by atoms with Gasteiger partial charge in [0.15, 0.2) is 0 Å². The molecule has 1 aromatic heterocycles. The fourth-order valence-electron chi connectivity index (χ4n) is 2.46. The summed E-state index contributed by atoms with van der Waals surface area (Å²) in [6.45, 7) is 0. The van der Waals surface area contributed by atoms with E-state index in [9.17, 15) is 0 Å². The fraction of sp³-hybridized carbons (Fsp3) is 0.385. The molecule has 0 N–H and O–H groups in total. The third-order valence-electron chi connectivity index (χ3n) is 3.27. The van der Waals surface area contributed by atoms with Gasteiger partial charge in [-0.1, -0.05) is 25.0 Å². The third-order valence-corrected chi connectivity index (χ3v) is 4.12. The first-order valence-electron chi connectivity index (χ1n) is 5.52. The Morgan fingerprint density at radius 3 is 2.73 bits per heavy atom. The van der Waals surface area contributed by atoms with Crippen molar-refractivity contribution in [3.05, 3.63) is 33.6 Å². The lowest BCUT2D eigenvalue weighted by atomic mass is 10.1. The highest BCUT2D eigenvalue weighted by Crippen LogP contribution is 2.37. The van der Waals surface area contributed by atoms with Crippen LogP contribution in [-0.2, 0) is 0 Å². The second kappa shape index (κ2) is 3.81. The minimum Gasteiger partial charge on any atom is -0.460 e. The van der Waals surface area contributed by atoms with Gasteiger partial charge in [-0.3, -0.25) is 0 Å². The van der Waals surface area contributed by atoms with Gasteiger partial charge in [0.05, 0.1) is 3.57 Å². The summed E-state index contributed by atoms with van der Waals surface area (Å²) < 4.78 is 7.19. The normalized spacial score (nSPS) is 17.7. The summed E-state index contributed by atoms with van der Waals surface area (Å²) in [5.41, 5.74) is 1.07. The van der Waals surface area contributed by atoms with Gasteiger partial charge in [0.1, 0.15) is 11.3 Å². The molecule has 2 aromatic rings. The molecule has 1 fully saturated rings. The van der Waals surface area contributed by atoms with Crippen LogP contribution in [0.1, 0.15) is 37.4 Å². The number of hydrogen-bond donors (Lipinski definition) is 0. The Morgan fingerprint density at radius 2 is 2.00 bits per heavy atom. The summed E-state index contributed by atoms with van der Waals surface area (Å²) >= 11 is 2.34. The predicted molar refractivity (Wildman–Crippen MR) is 70.1 cm³/mol. The number of rotatable bonds is 1. The predicted octanol–water partition coefficient (Wildman–Crippen LogP) is 4.70. The van der Waals surface area contributed by atoms with Gasteiger partial charge in [-0.2, -0.15) is 0 Å². The van der Waals surface area contributed by atoms with Crippen molar-refractivity contribution >= 4 is 33.6 Å². The average molecular weight is 312 g/mol. The quantitative estimate of drug-likeness (QED) is 0.696. The first-order chi connectivity index (χ1) is 7.34. The van der Waals surface area contributed by atoms with E-state index in [2.05, 4.69) is 46.9 Å². The zero-order valence-electron chi connectivity index (χ0n) is 8.50. The van der Waals surface area contributed by atoms with Crippen LogP contribution in [0.15, 0.2) is 28.7 Å². The highest BCUT2D eigenvalue weighted by molar-refractivity contribution is 14.1. The number of halogens is 1. The van der Waals surface area contributed by atoms with Crippen LogP contribution in [0.5, 0.6) is 0 Å². The van der Waals surface area contributed by atoms with Gasteiger partial charge < -0.3 is 4.42 Å². The van der Waals surface area contributed by atoms with Gasteiger partial charge in [0, 0.05) is 11.3 Å². The average Bonchev–Trinajstić information content (AvgIpc) is 2.86. The van der Waals surface area contributed by atoms with E-state index >= 15 is 0 Å². The molecule has 0 atom stereocenters. The highest BCUT2D eigenvalue weighted by atomic mass is 127. The monoisotopic (exact) mass is 312 g/mol. The molecule has 1 aliphatic carbocycles. The van der Waals surface area contributed by atoms with E-state index in [-0.39, 0.29) is 0 Å². The van der Waals surface area contributed by atoms with E-state index in [1.54, 1.807) is 0 Å². The van der Waals surface area contributed by atoms with Crippen LogP contribution in [0.3, 0.4) is 0 Å². The number of fused-ring (bicyclic) bond motifs is 1. The van der Waals surface area contributed by atoms with Crippen LogP contribution in [0.2, 0.25) is 0 Å². The van der Waals surface area contributed by atoms with Crippen molar-refractivity contribution in [2.24, 2.45) is 0 Å². The third kappa shape index (κ3) is 1.69. The smallest absolute Gasteiger partial charge is 0.147 e. The zero-order chi connectivity index (χ0) is 10.3. The fourth-order valence-corrected chi connectivity index (χ4v) is 3.09. The van der Waals surface area contributed by atoms with Crippen LogP contribution in [0.25, 0.3) is 11.0 Å². The molecule has 1 aromatic carbocycles. The molecular weight excluding hydrogens is 299 g/mol. The van der Waals surface area contributed by atoms with Crippen molar-refractivity contribution in [1.29, 1.82) is 0 Å². The topological polar surface area (TPSA) is 13.1 Å². The number of para-hydroxylation sites is 1. The lowest BCUT2D eigenvalue weighted by Gasteiger charge is -2.02. The van der Waals surface area contributed by atoms with Gasteiger partial charge in [0.25, 0.3) is 0 Å². The first kappa shape index (κ1) is 9.70. The largest absolute Gasteiger partial charge is 0.460 e. The molecule has 15 heavy (non-hydrogen) atoms. The molecule has 2 heteroatoms. The second-order valence-electron chi connectivity index (χ2n) is 4.29. The first-order valence-corrected chi connectivity index (χ1v) is 6.60. The van der Waals surface area contributed by atoms with Crippen LogP contribution >= 0.6 is 22.6 Å². The molecule has 1 saturated carbocycles. The Balaban J connectivity index is 2.09. The molecule has 3 rings (SSSR count). The lowest BCUT2D eigenvalue weighted by molar-refractivity contribution is 0.493. The molecule has 0 spiro atoms. The van der Waals surface area contributed by atoms with Crippen molar-refractivity contribution < 1.29 is 4.42 Å². The summed E-state index contributed by atoms with van der Waals surface area (Å²) in [7, 11) is 0. The van der Waals surface area contributed by atoms with Crippen molar-refractivity contribution in [2.75, 3.05) is 0 Å². The molecule has 1 nitrogen and oxygen atoms in total. The molecule has 0 amide bonds. The molecule has 1 aliphatic rings. The zero-order valence-corrected chi connectivity index (χ0v) is 10.7. The van der Waals surface area contributed by atoms with Crippen molar-refractivity contribution in [2.45, 2.75) is 31.6 Å². The SMILES string of the molecule is Ic1cccc2cc(C3CCCC3)oc12. The van der Waals surface area contributed by atoms with Crippen LogP contribution in [0, 0.1) is 3.57 Å². The molecule has 0 saturated heterocycles. The summed E-state index contributed by atoms with van der Waals surface area (Å²) in [6.07, 6.45) is 5.32. The standard InChI is InChI=1S/C13H13IO/c14-11-7-3-6-10-8-12(15-13(10)11)9-4-1-2-5-9/h3,6-9H,1-2,4-5H2. The number of hydrogen-bond acceptors (Lipinski definition) is 1. The minimum absolute atomic E-state index is 0.674. The van der Waals surface area contributed by atoms with Crippen molar-refractivity contribution in [1.82, 2.24) is 0 Å². The Labute approximate surface area is 103 Å². The van der Waals surface area contributed by atoms with E-state index in [4.69, 9.17) is 4.42 Å². The summed E-state index contributed by atoms with van der Waals surface area (Å²) in [6, 6.07) is 8.57. The van der Waals surface area contributed by atoms with Gasteiger partial charge in [-0.25, -0.2) is 0 Å².